The third-order valence-electron chi connectivity index (χ3n) is 2.17. The van der Waals surface area contributed by atoms with Crippen LogP contribution in [-0.4, -0.2) is 11.3 Å². The van der Waals surface area contributed by atoms with Crippen molar-refractivity contribution in [3.63, 3.8) is 0 Å². The van der Waals surface area contributed by atoms with Gasteiger partial charge in [-0.15, -0.1) is 11.8 Å². The second-order valence-electron chi connectivity index (χ2n) is 4.10. The molecule has 2 N–H and O–H groups in total. The monoisotopic (exact) mass is 272 g/mol. The molecule has 0 bridgehead atoms. The van der Waals surface area contributed by atoms with E-state index in [2.05, 4.69) is 48.0 Å². The fourth-order valence-electron chi connectivity index (χ4n) is 1.63. The van der Waals surface area contributed by atoms with Crippen molar-refractivity contribution >= 4 is 33.4 Å². The fourth-order valence-corrected chi connectivity index (χ4v) is 3.19. The molecule has 0 aliphatic carbocycles. The summed E-state index contributed by atoms with van der Waals surface area (Å²) in [5.41, 5.74) is 1.11. The summed E-state index contributed by atoms with van der Waals surface area (Å²) in [6, 6.07) is 6.24. The standard InChI is InChI=1S/C10H13BrN2S/c1-10(2)6-13(12)8-5-7(11)3-4-9(8)14-10/h3-5H,6,12H2,1-2H3. The summed E-state index contributed by atoms with van der Waals surface area (Å²) in [5, 5.41) is 1.83. The largest absolute Gasteiger partial charge is 0.309 e. The predicted octanol–water partition coefficient (Wildman–Crippen LogP) is 3.01. The van der Waals surface area contributed by atoms with E-state index in [1.807, 2.05) is 16.8 Å². The Morgan fingerprint density at radius 3 is 2.93 bits per heavy atom. The highest BCUT2D eigenvalue weighted by Crippen LogP contribution is 2.43. The molecule has 1 aliphatic heterocycles. The van der Waals surface area contributed by atoms with E-state index in [0.29, 0.717) is 0 Å². The van der Waals surface area contributed by atoms with Gasteiger partial charge < -0.3 is 5.01 Å². The van der Waals surface area contributed by atoms with E-state index in [0.717, 1.165) is 16.7 Å². The number of thioether (sulfide) groups is 1. The molecule has 2 rings (SSSR count). The molecular weight excluding hydrogens is 260 g/mol. The van der Waals surface area contributed by atoms with Crippen LogP contribution >= 0.6 is 27.7 Å². The van der Waals surface area contributed by atoms with Crippen molar-refractivity contribution in [1.29, 1.82) is 0 Å². The summed E-state index contributed by atoms with van der Waals surface area (Å²) in [7, 11) is 0. The summed E-state index contributed by atoms with van der Waals surface area (Å²) < 4.78 is 1.27. The van der Waals surface area contributed by atoms with Crippen LogP contribution in [0, 0.1) is 0 Å². The first kappa shape index (κ1) is 10.3. The zero-order valence-corrected chi connectivity index (χ0v) is 10.7. The Kier molecular flexibility index (Phi) is 2.53. The molecule has 0 atom stereocenters. The Bertz CT molecular complexity index is 365. The second-order valence-corrected chi connectivity index (χ2v) is 6.77. The molecule has 0 radical (unpaired) electrons. The molecule has 76 valence electrons. The normalized spacial score (nSPS) is 19.3. The maximum atomic E-state index is 5.99. The Hall–Kier alpha value is -0.190. The molecule has 0 amide bonds. The zero-order valence-electron chi connectivity index (χ0n) is 8.25. The van der Waals surface area contributed by atoms with E-state index in [-0.39, 0.29) is 4.75 Å². The van der Waals surface area contributed by atoms with E-state index < -0.39 is 0 Å². The molecule has 1 heterocycles. The Morgan fingerprint density at radius 2 is 2.21 bits per heavy atom. The van der Waals surface area contributed by atoms with Gasteiger partial charge in [0.1, 0.15) is 0 Å². The Morgan fingerprint density at radius 1 is 1.50 bits per heavy atom. The third kappa shape index (κ3) is 1.92. The van der Waals surface area contributed by atoms with Crippen LogP contribution in [-0.2, 0) is 0 Å². The van der Waals surface area contributed by atoms with Crippen molar-refractivity contribution in [2.24, 2.45) is 5.84 Å². The molecule has 2 nitrogen and oxygen atoms in total. The van der Waals surface area contributed by atoms with E-state index in [1.54, 1.807) is 0 Å². The number of benzene rings is 1. The molecule has 0 fully saturated rings. The van der Waals surface area contributed by atoms with Crippen molar-refractivity contribution in [2.45, 2.75) is 23.5 Å². The lowest BCUT2D eigenvalue weighted by Crippen LogP contribution is -2.44. The first-order valence-corrected chi connectivity index (χ1v) is 6.10. The minimum Gasteiger partial charge on any atom is -0.309 e. The lowest BCUT2D eigenvalue weighted by molar-refractivity contribution is 0.654. The Labute approximate surface area is 96.9 Å². The second kappa shape index (κ2) is 3.43. The highest BCUT2D eigenvalue weighted by atomic mass is 79.9. The minimum atomic E-state index is 0.190. The van der Waals surface area contributed by atoms with Crippen molar-refractivity contribution in [3.05, 3.63) is 22.7 Å². The molecule has 14 heavy (non-hydrogen) atoms. The summed E-state index contributed by atoms with van der Waals surface area (Å²) in [4.78, 5) is 1.26. The van der Waals surface area contributed by atoms with E-state index >= 15 is 0 Å². The number of hydrogen-bond acceptors (Lipinski definition) is 3. The number of nitrogens with zero attached hydrogens (tertiary/aromatic N) is 1. The number of hydrazine groups is 1. The maximum absolute atomic E-state index is 5.99. The first-order chi connectivity index (χ1) is 6.48. The molecule has 0 unspecified atom stereocenters. The minimum absolute atomic E-state index is 0.190. The van der Waals surface area contributed by atoms with Gasteiger partial charge in [-0.25, -0.2) is 5.84 Å². The van der Waals surface area contributed by atoms with Gasteiger partial charge in [0, 0.05) is 20.7 Å². The molecule has 4 heteroatoms. The summed E-state index contributed by atoms with van der Waals surface area (Å²) >= 11 is 5.34. The lowest BCUT2D eigenvalue weighted by atomic mass is 10.2. The number of hydrogen-bond donors (Lipinski definition) is 1. The van der Waals surface area contributed by atoms with E-state index in [4.69, 9.17) is 5.84 Å². The average molecular weight is 273 g/mol. The van der Waals surface area contributed by atoms with Gasteiger partial charge in [0.25, 0.3) is 0 Å². The average Bonchev–Trinajstić information content (AvgIpc) is 2.05. The van der Waals surface area contributed by atoms with Crippen LogP contribution in [0.15, 0.2) is 27.6 Å². The quantitative estimate of drug-likeness (QED) is 0.737. The molecule has 0 spiro atoms. The van der Waals surface area contributed by atoms with Crippen LogP contribution < -0.4 is 10.9 Å². The van der Waals surface area contributed by atoms with E-state index in [9.17, 15) is 0 Å². The van der Waals surface area contributed by atoms with Crippen LogP contribution in [0.4, 0.5) is 5.69 Å². The van der Waals surface area contributed by atoms with Gasteiger partial charge in [0.05, 0.1) is 5.69 Å². The van der Waals surface area contributed by atoms with Crippen LogP contribution in [0.25, 0.3) is 0 Å². The number of rotatable bonds is 0. The van der Waals surface area contributed by atoms with Crippen LogP contribution in [0.1, 0.15) is 13.8 Å². The topological polar surface area (TPSA) is 29.3 Å². The van der Waals surface area contributed by atoms with Gasteiger partial charge in [-0.1, -0.05) is 15.9 Å². The van der Waals surface area contributed by atoms with Crippen LogP contribution in [0.3, 0.4) is 0 Å². The highest BCUT2D eigenvalue weighted by Gasteiger charge is 2.29. The number of nitrogens with two attached hydrogens (primary N) is 1. The Balaban J connectivity index is 2.45. The molecule has 1 aromatic carbocycles. The molecule has 1 aliphatic rings. The van der Waals surface area contributed by atoms with Gasteiger partial charge in [-0.3, -0.25) is 0 Å². The van der Waals surface area contributed by atoms with Gasteiger partial charge in [0.2, 0.25) is 0 Å². The van der Waals surface area contributed by atoms with Gasteiger partial charge in [-0.05, 0) is 32.0 Å². The van der Waals surface area contributed by atoms with Crippen molar-refractivity contribution in [3.8, 4) is 0 Å². The number of fused-ring (bicyclic) bond motifs is 1. The molecule has 0 aromatic heterocycles. The van der Waals surface area contributed by atoms with E-state index in [1.165, 1.54) is 4.90 Å². The summed E-state index contributed by atoms with van der Waals surface area (Å²) in [5.74, 6) is 5.99. The number of anilines is 1. The van der Waals surface area contributed by atoms with Gasteiger partial charge in [-0.2, -0.15) is 0 Å². The van der Waals surface area contributed by atoms with Crippen molar-refractivity contribution in [1.82, 2.24) is 0 Å². The van der Waals surface area contributed by atoms with Crippen molar-refractivity contribution in [2.75, 3.05) is 11.6 Å². The van der Waals surface area contributed by atoms with Crippen molar-refractivity contribution < 1.29 is 0 Å². The van der Waals surface area contributed by atoms with Crippen LogP contribution in [0.5, 0.6) is 0 Å². The molecule has 1 aromatic rings. The molecule has 0 saturated heterocycles. The molecule has 0 saturated carbocycles. The fraction of sp³-hybridized carbons (Fsp3) is 0.400. The third-order valence-corrected chi connectivity index (χ3v) is 3.91. The van der Waals surface area contributed by atoms with Gasteiger partial charge in [0.15, 0.2) is 0 Å². The number of halogens is 1. The predicted molar refractivity (Wildman–Crippen MR) is 65.6 cm³/mol. The maximum Gasteiger partial charge on any atom is 0.0665 e. The zero-order chi connectivity index (χ0) is 10.3. The lowest BCUT2D eigenvalue weighted by Gasteiger charge is -2.37. The van der Waals surface area contributed by atoms with Crippen LogP contribution in [0.2, 0.25) is 0 Å². The summed E-state index contributed by atoms with van der Waals surface area (Å²) in [6.45, 7) is 5.30. The smallest absolute Gasteiger partial charge is 0.0665 e. The molecular formula is C10H13BrN2S. The SMILES string of the molecule is CC1(C)CN(N)c2cc(Br)ccc2S1. The highest BCUT2D eigenvalue weighted by molar-refractivity contribution is 9.10. The summed E-state index contributed by atoms with van der Waals surface area (Å²) in [6.07, 6.45) is 0. The first-order valence-electron chi connectivity index (χ1n) is 4.49. The van der Waals surface area contributed by atoms with Gasteiger partial charge >= 0.3 is 0 Å².